The number of carbonyl (C=O) groups excluding carboxylic acids is 2. The van der Waals surface area contributed by atoms with Crippen LogP contribution in [0.25, 0.3) is 0 Å². The second-order valence-corrected chi connectivity index (χ2v) is 12.4. The van der Waals surface area contributed by atoms with Gasteiger partial charge in [0.25, 0.3) is 5.91 Å². The molecule has 0 bridgehead atoms. The highest BCUT2D eigenvalue weighted by Gasteiger charge is 2.51. The Morgan fingerprint density at radius 2 is 1.72 bits per heavy atom. The van der Waals surface area contributed by atoms with Gasteiger partial charge in [-0.05, 0) is 95.9 Å². The van der Waals surface area contributed by atoms with Gasteiger partial charge in [0.1, 0.15) is 11.1 Å². The summed E-state index contributed by atoms with van der Waals surface area (Å²) in [6.45, 7) is 9.71. The molecular formula is C30H32F4N4O4S. The Morgan fingerprint density at radius 3 is 2.28 bits per heavy atom. The topological polar surface area (TPSA) is 86.1 Å². The molecule has 2 amide bonds. The number of ether oxygens (including phenoxy) is 2. The van der Waals surface area contributed by atoms with Crippen LogP contribution in [0.15, 0.2) is 36.4 Å². The molecule has 0 aromatic heterocycles. The first-order valence-electron chi connectivity index (χ1n) is 13.6. The minimum Gasteiger partial charge on any atom is -0.490 e. The van der Waals surface area contributed by atoms with Crippen LogP contribution in [0.2, 0.25) is 0 Å². The Labute approximate surface area is 252 Å². The van der Waals surface area contributed by atoms with E-state index in [0.717, 1.165) is 17.0 Å². The molecule has 2 fully saturated rings. The van der Waals surface area contributed by atoms with Gasteiger partial charge < -0.3 is 19.3 Å². The zero-order valence-electron chi connectivity index (χ0n) is 24.4. The van der Waals surface area contributed by atoms with Crippen LogP contribution in [-0.2, 0) is 15.7 Å². The van der Waals surface area contributed by atoms with Gasteiger partial charge in [0.05, 0.1) is 29.5 Å². The zero-order chi connectivity index (χ0) is 31.9. The van der Waals surface area contributed by atoms with Gasteiger partial charge in [-0.3, -0.25) is 9.69 Å². The Bertz CT molecular complexity index is 1470. The number of carbonyl (C=O) groups is 2. The molecule has 2 aromatic carbocycles. The number of alkyl halides is 3. The third kappa shape index (κ3) is 6.69. The van der Waals surface area contributed by atoms with Crippen LogP contribution < -0.4 is 14.5 Å². The van der Waals surface area contributed by atoms with E-state index >= 15 is 4.39 Å². The van der Waals surface area contributed by atoms with Crippen LogP contribution >= 0.6 is 12.2 Å². The summed E-state index contributed by atoms with van der Waals surface area (Å²) in [4.78, 5) is 29.7. The van der Waals surface area contributed by atoms with Crippen molar-refractivity contribution in [1.29, 1.82) is 5.26 Å². The number of amides is 2. The zero-order valence-corrected chi connectivity index (χ0v) is 25.2. The summed E-state index contributed by atoms with van der Waals surface area (Å²) >= 11 is 5.51. The van der Waals surface area contributed by atoms with E-state index in [0.29, 0.717) is 32.0 Å². The molecule has 43 heavy (non-hydrogen) atoms. The number of benzene rings is 2. The van der Waals surface area contributed by atoms with E-state index in [1.807, 2.05) is 0 Å². The van der Waals surface area contributed by atoms with Crippen molar-refractivity contribution in [3.05, 3.63) is 53.3 Å². The molecule has 0 N–H and O–H groups in total. The van der Waals surface area contributed by atoms with Gasteiger partial charge in [-0.1, -0.05) is 0 Å². The average Bonchev–Trinajstić information content (AvgIpc) is 3.09. The number of nitriles is 1. The van der Waals surface area contributed by atoms with Crippen LogP contribution in [0.3, 0.4) is 0 Å². The number of nitrogens with zero attached hydrogens (tertiary/aromatic N) is 4. The van der Waals surface area contributed by atoms with E-state index in [1.165, 1.54) is 43.0 Å². The Hall–Kier alpha value is -3.92. The molecule has 0 saturated carbocycles. The second kappa shape index (κ2) is 11.6. The van der Waals surface area contributed by atoms with Crippen molar-refractivity contribution in [2.75, 3.05) is 29.5 Å². The fourth-order valence-corrected chi connectivity index (χ4v) is 5.54. The number of hydrogen-bond donors (Lipinski definition) is 0. The van der Waals surface area contributed by atoms with Crippen LogP contribution in [0.4, 0.5) is 33.7 Å². The lowest BCUT2D eigenvalue weighted by Gasteiger charge is -2.33. The number of hydrogen-bond acceptors (Lipinski definition) is 6. The van der Waals surface area contributed by atoms with Gasteiger partial charge >= 0.3 is 12.3 Å². The molecule has 2 saturated heterocycles. The highest BCUT2D eigenvalue weighted by atomic mass is 32.1. The minimum atomic E-state index is -4.82. The van der Waals surface area contributed by atoms with Crippen molar-refractivity contribution in [2.45, 2.75) is 64.8 Å². The molecule has 4 rings (SSSR count). The summed E-state index contributed by atoms with van der Waals surface area (Å²) in [6, 6.07) is 8.51. The van der Waals surface area contributed by atoms with E-state index < -0.39 is 40.2 Å². The van der Waals surface area contributed by atoms with E-state index in [4.69, 9.17) is 27.0 Å². The number of likely N-dealkylation sites (tertiary alicyclic amines) is 1. The minimum absolute atomic E-state index is 0.00802. The fourth-order valence-electron chi connectivity index (χ4n) is 5.02. The van der Waals surface area contributed by atoms with E-state index in [9.17, 15) is 22.8 Å². The summed E-state index contributed by atoms with van der Waals surface area (Å²) in [5.41, 5.74) is -3.67. The standard InChI is InChI=1S/C30H32F4N4O4S/c1-28(2,3)42-27(40)36-12-10-18(11-13-36)17-41-24-9-8-21(15-23(24)31)38-26(43)37(25(39)29(38,4)5)20-7-6-19(16-35)22(14-20)30(32,33)34/h6-9,14-15,18H,10-13,17H2,1-5H3. The number of piperidine rings is 1. The first-order chi connectivity index (χ1) is 19.9. The lowest BCUT2D eigenvalue weighted by Crippen LogP contribution is -2.44. The maximum absolute atomic E-state index is 15.2. The Balaban J connectivity index is 1.46. The molecule has 8 nitrogen and oxygen atoms in total. The highest BCUT2D eigenvalue weighted by molar-refractivity contribution is 7.81. The first-order valence-corrected chi connectivity index (χ1v) is 14.0. The Morgan fingerprint density at radius 1 is 1.09 bits per heavy atom. The average molecular weight is 621 g/mol. The molecule has 0 aliphatic carbocycles. The smallest absolute Gasteiger partial charge is 0.417 e. The van der Waals surface area contributed by atoms with Crippen molar-refractivity contribution >= 4 is 40.7 Å². The molecule has 0 radical (unpaired) electrons. The fraction of sp³-hybridized carbons (Fsp3) is 0.467. The predicted octanol–water partition coefficient (Wildman–Crippen LogP) is 6.66. The summed E-state index contributed by atoms with van der Waals surface area (Å²) in [5.74, 6) is -1.23. The molecule has 2 heterocycles. The number of anilines is 2. The molecule has 0 spiro atoms. The molecule has 2 aromatic rings. The van der Waals surface area contributed by atoms with Crippen molar-refractivity contribution in [3.63, 3.8) is 0 Å². The third-order valence-corrected chi connectivity index (χ3v) is 7.63. The lowest BCUT2D eigenvalue weighted by molar-refractivity contribution is -0.137. The van der Waals surface area contributed by atoms with Crippen LogP contribution in [0.5, 0.6) is 5.75 Å². The quantitative estimate of drug-likeness (QED) is 0.273. The van der Waals surface area contributed by atoms with Crippen molar-refractivity contribution in [3.8, 4) is 11.8 Å². The molecule has 0 atom stereocenters. The molecular weight excluding hydrogens is 588 g/mol. The maximum atomic E-state index is 15.2. The van der Waals surface area contributed by atoms with Crippen LogP contribution in [0, 0.1) is 23.1 Å². The van der Waals surface area contributed by atoms with Crippen molar-refractivity contribution < 1.29 is 36.6 Å². The van der Waals surface area contributed by atoms with Crippen LogP contribution in [0.1, 0.15) is 58.6 Å². The van der Waals surface area contributed by atoms with Gasteiger partial charge in [0.15, 0.2) is 16.7 Å². The van der Waals surface area contributed by atoms with E-state index in [-0.39, 0.29) is 40.9 Å². The highest BCUT2D eigenvalue weighted by Crippen LogP contribution is 2.40. The van der Waals surface area contributed by atoms with E-state index in [2.05, 4.69) is 0 Å². The molecule has 0 unspecified atom stereocenters. The first kappa shape index (κ1) is 32.0. The van der Waals surface area contributed by atoms with Gasteiger partial charge in [-0.2, -0.15) is 18.4 Å². The van der Waals surface area contributed by atoms with Crippen molar-refractivity contribution in [1.82, 2.24) is 4.90 Å². The normalized spacial score (nSPS) is 17.7. The van der Waals surface area contributed by atoms with Gasteiger partial charge in [-0.25, -0.2) is 9.18 Å². The SMILES string of the molecule is CC(C)(C)OC(=O)N1CCC(COc2ccc(N3C(=S)N(c4ccc(C#N)c(C(F)(F)F)c4)C(=O)C3(C)C)cc2F)CC1. The number of halogens is 4. The number of thiocarbonyl (C=S) groups is 1. The third-order valence-electron chi connectivity index (χ3n) is 7.27. The van der Waals surface area contributed by atoms with E-state index in [1.54, 1.807) is 25.7 Å². The lowest BCUT2D eigenvalue weighted by atomic mass is 9.98. The molecule has 13 heteroatoms. The second-order valence-electron chi connectivity index (χ2n) is 12.0. The molecule has 2 aliphatic rings. The Kier molecular flexibility index (Phi) is 8.66. The van der Waals surface area contributed by atoms with Gasteiger partial charge in [0.2, 0.25) is 0 Å². The van der Waals surface area contributed by atoms with Crippen LogP contribution in [-0.4, -0.2) is 52.8 Å². The number of rotatable bonds is 5. The summed E-state index contributed by atoms with van der Waals surface area (Å²) in [6.07, 6.45) is -3.86. The van der Waals surface area contributed by atoms with Crippen molar-refractivity contribution in [2.24, 2.45) is 5.92 Å². The van der Waals surface area contributed by atoms with Gasteiger partial charge in [-0.15, -0.1) is 0 Å². The summed E-state index contributed by atoms with van der Waals surface area (Å²) in [5, 5.41) is 8.97. The molecule has 2 aliphatic heterocycles. The summed E-state index contributed by atoms with van der Waals surface area (Å²) < 4.78 is 67.2. The predicted molar refractivity (Wildman–Crippen MR) is 155 cm³/mol. The van der Waals surface area contributed by atoms with Gasteiger partial charge in [0, 0.05) is 24.8 Å². The summed E-state index contributed by atoms with van der Waals surface area (Å²) in [7, 11) is 0. The monoisotopic (exact) mass is 620 g/mol. The largest absolute Gasteiger partial charge is 0.490 e. The molecule has 230 valence electrons. The maximum Gasteiger partial charge on any atom is 0.417 e.